The summed E-state index contributed by atoms with van der Waals surface area (Å²) in [4.78, 5) is 13.9. The molecule has 2 atom stereocenters. The number of sulfonamides is 1. The summed E-state index contributed by atoms with van der Waals surface area (Å²) in [6.07, 6.45) is 1.64. The molecule has 0 aliphatic carbocycles. The second-order valence-corrected chi connectivity index (χ2v) is 13.5. The highest BCUT2D eigenvalue weighted by Crippen LogP contribution is 2.29. The van der Waals surface area contributed by atoms with Gasteiger partial charge >= 0.3 is 0 Å². The van der Waals surface area contributed by atoms with Gasteiger partial charge in [0.25, 0.3) is 0 Å². The standard InChI is InChI=1S/C33H46N4O4S/c1-24(2)37(42(40,41)29-20-18-27(34)19-21-29)28(23-38)17-12-22-33(3,4)36-32(39)31(35-5)30(25-13-8-6-9-14-25)26-15-10-7-11-16-26/h6-11,13-16,18-21,24,28,30-31,35,38H,12,17,22-23,34H2,1-5H3,(H,36,39)/t28-,31-/m0/s1. The van der Waals surface area contributed by atoms with Crippen LogP contribution in [0.4, 0.5) is 5.69 Å². The maximum absolute atomic E-state index is 13.7. The molecule has 0 bridgehead atoms. The molecule has 0 saturated carbocycles. The molecule has 0 aliphatic rings. The van der Waals surface area contributed by atoms with E-state index in [1.165, 1.54) is 16.4 Å². The van der Waals surface area contributed by atoms with E-state index in [-0.39, 0.29) is 29.4 Å². The third-order valence-electron chi connectivity index (χ3n) is 7.58. The van der Waals surface area contributed by atoms with E-state index < -0.39 is 27.6 Å². The summed E-state index contributed by atoms with van der Waals surface area (Å²) in [5.41, 5.74) is 7.75. The van der Waals surface area contributed by atoms with Gasteiger partial charge in [-0.1, -0.05) is 60.7 Å². The molecule has 5 N–H and O–H groups in total. The van der Waals surface area contributed by atoms with Crippen LogP contribution in [0.2, 0.25) is 0 Å². The fourth-order valence-electron chi connectivity index (χ4n) is 5.56. The van der Waals surface area contributed by atoms with Crippen molar-refractivity contribution >= 4 is 21.6 Å². The highest BCUT2D eigenvalue weighted by molar-refractivity contribution is 7.89. The molecule has 0 radical (unpaired) electrons. The molecule has 1 amide bonds. The molecule has 0 fully saturated rings. The van der Waals surface area contributed by atoms with E-state index in [0.29, 0.717) is 24.9 Å². The third-order valence-corrected chi connectivity index (χ3v) is 9.72. The zero-order valence-electron chi connectivity index (χ0n) is 25.3. The van der Waals surface area contributed by atoms with Gasteiger partial charge in [0.15, 0.2) is 0 Å². The van der Waals surface area contributed by atoms with Crippen molar-refractivity contribution in [3.63, 3.8) is 0 Å². The number of likely N-dealkylation sites (N-methyl/N-ethyl adjacent to an activating group) is 1. The SMILES string of the molecule is CN[C@H](C(=O)NC(C)(C)CCC[C@@H](CO)N(C(C)C)S(=O)(=O)c1ccc(N)cc1)C(c1ccccc1)c1ccccc1. The number of aliphatic hydroxyl groups is 1. The first kappa shape index (κ1) is 33.3. The summed E-state index contributed by atoms with van der Waals surface area (Å²) in [6, 6.07) is 24.6. The van der Waals surface area contributed by atoms with Gasteiger partial charge < -0.3 is 21.5 Å². The van der Waals surface area contributed by atoms with Crippen LogP contribution in [0.3, 0.4) is 0 Å². The lowest BCUT2D eigenvalue weighted by molar-refractivity contribution is -0.125. The monoisotopic (exact) mass is 594 g/mol. The number of hydrogen-bond acceptors (Lipinski definition) is 6. The van der Waals surface area contributed by atoms with Crippen LogP contribution in [0.15, 0.2) is 89.8 Å². The van der Waals surface area contributed by atoms with Gasteiger partial charge in [0.2, 0.25) is 15.9 Å². The van der Waals surface area contributed by atoms with Crippen LogP contribution in [-0.4, -0.2) is 61.1 Å². The van der Waals surface area contributed by atoms with Gasteiger partial charge in [-0.05, 0) is 89.4 Å². The molecule has 3 rings (SSSR count). The van der Waals surface area contributed by atoms with Gasteiger partial charge in [-0.2, -0.15) is 4.31 Å². The van der Waals surface area contributed by atoms with Crippen molar-refractivity contribution in [2.24, 2.45) is 0 Å². The number of carbonyl (C=O) groups is 1. The van der Waals surface area contributed by atoms with Crippen molar-refractivity contribution in [3.05, 3.63) is 96.1 Å². The molecule has 3 aromatic carbocycles. The molecule has 0 aliphatic heterocycles. The first-order valence-electron chi connectivity index (χ1n) is 14.5. The number of anilines is 1. The van der Waals surface area contributed by atoms with Crippen LogP contribution >= 0.6 is 0 Å². The summed E-state index contributed by atoms with van der Waals surface area (Å²) in [5.74, 6) is -0.307. The van der Waals surface area contributed by atoms with Crippen molar-refractivity contribution in [2.45, 2.75) is 81.4 Å². The van der Waals surface area contributed by atoms with Crippen molar-refractivity contribution in [1.82, 2.24) is 14.9 Å². The molecule has 0 spiro atoms. The van der Waals surface area contributed by atoms with Gasteiger partial charge in [0.1, 0.15) is 0 Å². The van der Waals surface area contributed by atoms with Crippen molar-refractivity contribution in [1.29, 1.82) is 0 Å². The topological polar surface area (TPSA) is 125 Å². The van der Waals surface area contributed by atoms with E-state index in [2.05, 4.69) is 10.6 Å². The Morgan fingerprint density at radius 2 is 1.45 bits per heavy atom. The number of rotatable bonds is 15. The number of nitrogens with two attached hydrogens (primary N) is 1. The number of hydrogen-bond donors (Lipinski definition) is 4. The number of nitrogens with one attached hydrogen (secondary N) is 2. The average molecular weight is 595 g/mol. The van der Waals surface area contributed by atoms with Crippen LogP contribution in [0, 0.1) is 0 Å². The summed E-state index contributed by atoms with van der Waals surface area (Å²) in [7, 11) is -2.05. The second-order valence-electron chi connectivity index (χ2n) is 11.7. The molecule has 42 heavy (non-hydrogen) atoms. The predicted molar refractivity (Wildman–Crippen MR) is 170 cm³/mol. The Morgan fingerprint density at radius 1 is 0.929 bits per heavy atom. The maximum atomic E-state index is 13.7. The van der Waals surface area contributed by atoms with E-state index >= 15 is 0 Å². The lowest BCUT2D eigenvalue weighted by atomic mass is 9.84. The molecular formula is C33H46N4O4S. The minimum absolute atomic E-state index is 0.117. The molecule has 0 unspecified atom stereocenters. The molecule has 3 aromatic rings. The summed E-state index contributed by atoms with van der Waals surface area (Å²) >= 11 is 0. The first-order valence-corrected chi connectivity index (χ1v) is 15.9. The van der Waals surface area contributed by atoms with Crippen LogP contribution < -0.4 is 16.4 Å². The zero-order valence-corrected chi connectivity index (χ0v) is 26.1. The van der Waals surface area contributed by atoms with Gasteiger partial charge in [-0.3, -0.25) is 4.79 Å². The lowest BCUT2D eigenvalue weighted by Gasteiger charge is -2.35. The molecule has 0 heterocycles. The minimum atomic E-state index is -3.85. The summed E-state index contributed by atoms with van der Waals surface area (Å²) in [5, 5.41) is 16.7. The van der Waals surface area contributed by atoms with Crippen LogP contribution in [0.5, 0.6) is 0 Å². The number of amides is 1. The fraction of sp³-hybridized carbons (Fsp3) is 0.424. The quantitative estimate of drug-likeness (QED) is 0.192. The van der Waals surface area contributed by atoms with E-state index in [1.54, 1.807) is 33.0 Å². The van der Waals surface area contributed by atoms with E-state index in [4.69, 9.17) is 5.73 Å². The lowest BCUT2D eigenvalue weighted by Crippen LogP contribution is -2.53. The van der Waals surface area contributed by atoms with Gasteiger partial charge in [0, 0.05) is 29.2 Å². The molecule has 0 saturated heterocycles. The maximum Gasteiger partial charge on any atom is 0.243 e. The smallest absolute Gasteiger partial charge is 0.243 e. The Labute approximate surface area is 251 Å². The average Bonchev–Trinajstić information content (AvgIpc) is 2.95. The minimum Gasteiger partial charge on any atom is -0.399 e. The van der Waals surface area contributed by atoms with E-state index in [0.717, 1.165) is 11.1 Å². The Balaban J connectivity index is 1.72. The highest BCUT2D eigenvalue weighted by atomic mass is 32.2. The zero-order chi connectivity index (χ0) is 30.9. The normalized spacial score (nSPS) is 13.8. The summed E-state index contributed by atoms with van der Waals surface area (Å²) < 4.78 is 28.4. The summed E-state index contributed by atoms with van der Waals surface area (Å²) in [6.45, 7) is 7.23. The number of benzene rings is 3. The Morgan fingerprint density at radius 3 is 1.90 bits per heavy atom. The van der Waals surface area contributed by atoms with Crippen LogP contribution in [0.1, 0.15) is 64.0 Å². The van der Waals surface area contributed by atoms with Crippen molar-refractivity contribution in [2.75, 3.05) is 19.4 Å². The van der Waals surface area contributed by atoms with Gasteiger partial charge in [0.05, 0.1) is 17.5 Å². The van der Waals surface area contributed by atoms with Crippen LogP contribution in [-0.2, 0) is 14.8 Å². The fourth-order valence-corrected chi connectivity index (χ4v) is 7.40. The number of nitrogens with zero attached hydrogens (tertiary/aromatic N) is 1. The van der Waals surface area contributed by atoms with Crippen molar-refractivity contribution < 1.29 is 18.3 Å². The number of aliphatic hydroxyl groups excluding tert-OH is 1. The third kappa shape index (κ3) is 8.41. The van der Waals surface area contributed by atoms with E-state index in [1.807, 2.05) is 74.5 Å². The largest absolute Gasteiger partial charge is 0.399 e. The van der Waals surface area contributed by atoms with Crippen LogP contribution in [0.25, 0.3) is 0 Å². The van der Waals surface area contributed by atoms with E-state index in [9.17, 15) is 18.3 Å². The predicted octanol–water partition coefficient (Wildman–Crippen LogP) is 4.51. The Bertz CT molecular complexity index is 1320. The number of carbonyl (C=O) groups excluding carboxylic acids is 1. The Hall–Kier alpha value is -3.24. The number of nitrogen functional groups attached to an aromatic ring is 1. The Kier molecular flexibility index (Phi) is 11.7. The van der Waals surface area contributed by atoms with Gasteiger partial charge in [-0.25, -0.2) is 8.42 Å². The molecule has 228 valence electrons. The highest BCUT2D eigenvalue weighted by Gasteiger charge is 2.35. The molecule has 9 heteroatoms. The molecule has 0 aromatic heterocycles. The second kappa shape index (κ2) is 14.8. The van der Waals surface area contributed by atoms with Crippen molar-refractivity contribution in [3.8, 4) is 0 Å². The van der Waals surface area contributed by atoms with Gasteiger partial charge in [-0.15, -0.1) is 0 Å². The molecular weight excluding hydrogens is 548 g/mol. The molecule has 8 nitrogen and oxygen atoms in total. The first-order chi connectivity index (χ1) is 19.9.